The molecule has 0 saturated carbocycles. The van der Waals surface area contributed by atoms with Gasteiger partial charge in [0.25, 0.3) is 0 Å². The molecule has 1 saturated heterocycles. The zero-order chi connectivity index (χ0) is 14.6. The number of hydrogen-bond donors (Lipinski definition) is 2. The van der Waals surface area contributed by atoms with Gasteiger partial charge in [0.15, 0.2) is 0 Å². The highest BCUT2D eigenvalue weighted by Crippen LogP contribution is 2.27. The van der Waals surface area contributed by atoms with E-state index < -0.39 is 5.54 Å². The fourth-order valence-corrected chi connectivity index (χ4v) is 3.13. The van der Waals surface area contributed by atoms with Gasteiger partial charge in [0.05, 0.1) is 5.54 Å². The van der Waals surface area contributed by atoms with Gasteiger partial charge in [-0.05, 0) is 51.6 Å². The molecule has 0 aromatic heterocycles. The van der Waals surface area contributed by atoms with E-state index in [0.29, 0.717) is 6.04 Å². The van der Waals surface area contributed by atoms with Crippen molar-refractivity contribution in [3.05, 3.63) is 0 Å². The number of likely N-dealkylation sites (N-methyl/N-ethyl adjacent to an activating group) is 1. The Morgan fingerprint density at radius 2 is 2.11 bits per heavy atom. The van der Waals surface area contributed by atoms with E-state index in [-0.39, 0.29) is 5.91 Å². The van der Waals surface area contributed by atoms with Gasteiger partial charge in [0.2, 0.25) is 5.91 Å². The molecule has 112 valence electrons. The number of nitrogens with one attached hydrogen (secondary N) is 1. The van der Waals surface area contributed by atoms with Crippen LogP contribution in [0.15, 0.2) is 0 Å². The lowest BCUT2D eigenvalue weighted by Crippen LogP contribution is -2.56. The first kappa shape index (κ1) is 16.4. The predicted molar refractivity (Wildman–Crippen MR) is 79.9 cm³/mol. The SMILES string of the molecule is CCNC(C)(CC(C)N1CCC(C(C)C)C1)C(N)=O. The number of amides is 1. The van der Waals surface area contributed by atoms with Crippen LogP contribution in [-0.2, 0) is 4.79 Å². The maximum absolute atomic E-state index is 11.7. The Labute approximate surface area is 118 Å². The summed E-state index contributed by atoms with van der Waals surface area (Å²) in [6.07, 6.45) is 2.05. The van der Waals surface area contributed by atoms with Crippen LogP contribution in [0.4, 0.5) is 0 Å². The van der Waals surface area contributed by atoms with Gasteiger partial charge in [-0.25, -0.2) is 0 Å². The van der Waals surface area contributed by atoms with Crippen LogP contribution in [0.2, 0.25) is 0 Å². The molecule has 19 heavy (non-hydrogen) atoms. The van der Waals surface area contributed by atoms with Gasteiger partial charge in [0.1, 0.15) is 0 Å². The van der Waals surface area contributed by atoms with Gasteiger partial charge >= 0.3 is 0 Å². The summed E-state index contributed by atoms with van der Waals surface area (Å²) in [5.41, 5.74) is 4.97. The lowest BCUT2D eigenvalue weighted by Gasteiger charge is -2.34. The summed E-state index contributed by atoms with van der Waals surface area (Å²) in [6.45, 7) is 13.8. The first-order valence-electron chi connectivity index (χ1n) is 7.59. The van der Waals surface area contributed by atoms with Crippen molar-refractivity contribution in [3.8, 4) is 0 Å². The fraction of sp³-hybridized carbons (Fsp3) is 0.933. The molecule has 1 aliphatic rings. The number of carbonyl (C=O) groups is 1. The van der Waals surface area contributed by atoms with Crippen LogP contribution in [0.5, 0.6) is 0 Å². The Kier molecular flexibility index (Phi) is 5.81. The van der Waals surface area contributed by atoms with Crippen LogP contribution in [0.1, 0.15) is 47.5 Å². The number of nitrogens with zero attached hydrogens (tertiary/aromatic N) is 1. The van der Waals surface area contributed by atoms with Crippen LogP contribution >= 0.6 is 0 Å². The maximum atomic E-state index is 11.7. The van der Waals surface area contributed by atoms with Crippen LogP contribution in [0, 0.1) is 11.8 Å². The molecule has 1 aliphatic heterocycles. The average molecular weight is 269 g/mol. The van der Waals surface area contributed by atoms with E-state index in [9.17, 15) is 4.79 Å². The third-order valence-corrected chi connectivity index (χ3v) is 4.64. The Balaban J connectivity index is 2.59. The normalized spacial score (nSPS) is 25.5. The molecule has 0 aromatic rings. The summed E-state index contributed by atoms with van der Waals surface area (Å²) in [7, 11) is 0. The fourth-order valence-electron chi connectivity index (χ4n) is 3.13. The highest BCUT2D eigenvalue weighted by atomic mass is 16.1. The van der Waals surface area contributed by atoms with Crippen molar-refractivity contribution in [2.24, 2.45) is 17.6 Å². The van der Waals surface area contributed by atoms with Crippen molar-refractivity contribution in [1.82, 2.24) is 10.2 Å². The summed E-state index contributed by atoms with van der Waals surface area (Å²) >= 11 is 0. The molecule has 4 heteroatoms. The lowest BCUT2D eigenvalue weighted by molar-refractivity contribution is -0.124. The van der Waals surface area contributed by atoms with E-state index in [2.05, 4.69) is 31.0 Å². The molecule has 0 spiro atoms. The number of likely N-dealkylation sites (tertiary alicyclic amines) is 1. The minimum Gasteiger partial charge on any atom is -0.368 e. The Hall–Kier alpha value is -0.610. The Morgan fingerprint density at radius 3 is 2.53 bits per heavy atom. The molecule has 4 nitrogen and oxygen atoms in total. The molecule has 0 aromatic carbocycles. The van der Waals surface area contributed by atoms with E-state index in [0.717, 1.165) is 37.9 Å². The van der Waals surface area contributed by atoms with Gasteiger partial charge < -0.3 is 16.0 Å². The summed E-state index contributed by atoms with van der Waals surface area (Å²) in [4.78, 5) is 14.2. The molecule has 3 unspecified atom stereocenters. The molecule has 0 radical (unpaired) electrons. The highest BCUT2D eigenvalue weighted by Gasteiger charge is 2.35. The standard InChI is InChI=1S/C15H31N3O/c1-6-17-15(5,14(16)19)9-12(4)18-8-7-13(10-18)11(2)3/h11-13,17H,6-10H2,1-5H3,(H2,16,19). The summed E-state index contributed by atoms with van der Waals surface area (Å²) in [5, 5.41) is 3.25. The molecule has 0 aliphatic carbocycles. The van der Waals surface area contributed by atoms with E-state index in [4.69, 9.17) is 5.73 Å². The van der Waals surface area contributed by atoms with E-state index in [1.54, 1.807) is 0 Å². The maximum Gasteiger partial charge on any atom is 0.237 e. The minimum absolute atomic E-state index is 0.249. The first-order valence-corrected chi connectivity index (χ1v) is 7.59. The van der Waals surface area contributed by atoms with Crippen LogP contribution in [0.25, 0.3) is 0 Å². The molecule has 1 fully saturated rings. The largest absolute Gasteiger partial charge is 0.368 e. The zero-order valence-electron chi connectivity index (χ0n) is 13.2. The highest BCUT2D eigenvalue weighted by molar-refractivity contribution is 5.84. The van der Waals surface area contributed by atoms with Crippen LogP contribution in [0.3, 0.4) is 0 Å². The molecular weight excluding hydrogens is 238 g/mol. The molecule has 1 amide bonds. The van der Waals surface area contributed by atoms with E-state index >= 15 is 0 Å². The van der Waals surface area contributed by atoms with Crippen LogP contribution in [-0.4, -0.2) is 42.0 Å². The zero-order valence-corrected chi connectivity index (χ0v) is 13.2. The average Bonchev–Trinajstić information content (AvgIpc) is 2.78. The summed E-state index contributed by atoms with van der Waals surface area (Å²) in [6, 6.07) is 0.389. The minimum atomic E-state index is -0.593. The molecule has 1 rings (SSSR count). The van der Waals surface area contributed by atoms with Crippen molar-refractivity contribution >= 4 is 5.91 Å². The second-order valence-corrected chi connectivity index (χ2v) is 6.57. The van der Waals surface area contributed by atoms with Crippen molar-refractivity contribution in [2.45, 2.75) is 59.0 Å². The van der Waals surface area contributed by atoms with Gasteiger partial charge in [-0.1, -0.05) is 20.8 Å². The molecular formula is C15H31N3O. The molecule has 3 N–H and O–H groups in total. The number of carbonyl (C=O) groups excluding carboxylic acids is 1. The van der Waals surface area contributed by atoms with Crippen LogP contribution < -0.4 is 11.1 Å². The van der Waals surface area contributed by atoms with Gasteiger partial charge in [-0.3, -0.25) is 4.79 Å². The third-order valence-electron chi connectivity index (χ3n) is 4.64. The van der Waals surface area contributed by atoms with Crippen molar-refractivity contribution < 1.29 is 4.79 Å². The number of primary amides is 1. The van der Waals surface area contributed by atoms with Crippen molar-refractivity contribution in [1.29, 1.82) is 0 Å². The first-order chi connectivity index (χ1) is 8.80. The third kappa shape index (κ3) is 4.18. The Bertz CT molecular complexity index is 306. The number of nitrogens with two attached hydrogens (primary N) is 1. The van der Waals surface area contributed by atoms with E-state index in [1.807, 2.05) is 13.8 Å². The molecule has 1 heterocycles. The van der Waals surface area contributed by atoms with Gasteiger partial charge in [-0.15, -0.1) is 0 Å². The quantitative estimate of drug-likeness (QED) is 0.738. The second kappa shape index (κ2) is 6.71. The smallest absolute Gasteiger partial charge is 0.237 e. The predicted octanol–water partition coefficient (Wildman–Crippen LogP) is 1.60. The van der Waals surface area contributed by atoms with E-state index in [1.165, 1.54) is 6.42 Å². The van der Waals surface area contributed by atoms with Gasteiger partial charge in [-0.2, -0.15) is 0 Å². The van der Waals surface area contributed by atoms with Gasteiger partial charge in [0, 0.05) is 12.6 Å². The monoisotopic (exact) mass is 269 g/mol. The van der Waals surface area contributed by atoms with Crippen molar-refractivity contribution in [2.75, 3.05) is 19.6 Å². The number of hydrogen-bond acceptors (Lipinski definition) is 3. The molecule has 3 atom stereocenters. The van der Waals surface area contributed by atoms with Crippen molar-refractivity contribution in [3.63, 3.8) is 0 Å². The lowest BCUT2D eigenvalue weighted by atomic mass is 9.91. The second-order valence-electron chi connectivity index (χ2n) is 6.57. The topological polar surface area (TPSA) is 58.4 Å². The Morgan fingerprint density at radius 1 is 1.47 bits per heavy atom. The number of rotatable bonds is 7. The molecule has 0 bridgehead atoms. The summed E-state index contributed by atoms with van der Waals surface area (Å²) < 4.78 is 0. The summed E-state index contributed by atoms with van der Waals surface area (Å²) in [5.74, 6) is 1.29.